The largest absolute Gasteiger partial charge is 0.476 e. The minimum Gasteiger partial charge on any atom is -0.476 e. The molecule has 2 amide bonds. The molecular formula is C28H37N5O3. The first kappa shape index (κ1) is 25.7. The van der Waals surface area contributed by atoms with E-state index in [1.165, 1.54) is 0 Å². The van der Waals surface area contributed by atoms with E-state index in [9.17, 15) is 4.79 Å². The van der Waals surface area contributed by atoms with Gasteiger partial charge in [-0.15, -0.1) is 5.10 Å². The number of likely N-dealkylation sites (tertiary alicyclic amines) is 1. The second-order valence-electron chi connectivity index (χ2n) is 9.59. The lowest BCUT2D eigenvalue weighted by molar-refractivity contribution is 0.156. The maximum absolute atomic E-state index is 13.0. The molecule has 2 heterocycles. The van der Waals surface area contributed by atoms with Crippen molar-refractivity contribution in [3.05, 3.63) is 70.8 Å². The molecule has 4 rings (SSSR count). The van der Waals surface area contributed by atoms with Gasteiger partial charge in [0.1, 0.15) is 5.82 Å². The number of urea groups is 1. The number of amides is 2. The summed E-state index contributed by atoms with van der Waals surface area (Å²) in [6, 6.07) is 15.6. The van der Waals surface area contributed by atoms with Crippen LogP contribution in [-0.2, 0) is 17.9 Å². The first-order chi connectivity index (χ1) is 17.4. The molecule has 8 nitrogen and oxygen atoms in total. The number of methoxy groups -OCH3 is 1. The highest BCUT2D eigenvalue weighted by Gasteiger charge is 2.22. The van der Waals surface area contributed by atoms with Crippen molar-refractivity contribution in [2.75, 3.05) is 39.2 Å². The van der Waals surface area contributed by atoms with Crippen LogP contribution in [0.25, 0.3) is 5.69 Å². The smallest absolute Gasteiger partial charge is 0.320 e. The second-order valence-corrected chi connectivity index (χ2v) is 9.59. The van der Waals surface area contributed by atoms with Gasteiger partial charge in [-0.1, -0.05) is 36.4 Å². The highest BCUT2D eigenvalue weighted by molar-refractivity contribution is 5.89. The van der Waals surface area contributed by atoms with Gasteiger partial charge in [-0.25, -0.2) is 9.48 Å². The van der Waals surface area contributed by atoms with Crippen molar-refractivity contribution in [3.63, 3.8) is 0 Å². The van der Waals surface area contributed by atoms with Crippen LogP contribution >= 0.6 is 0 Å². The molecule has 1 aromatic heterocycles. The van der Waals surface area contributed by atoms with Gasteiger partial charge < -0.3 is 19.7 Å². The van der Waals surface area contributed by atoms with Crippen LogP contribution in [0.4, 0.5) is 10.6 Å². The Morgan fingerprint density at radius 2 is 1.86 bits per heavy atom. The van der Waals surface area contributed by atoms with E-state index >= 15 is 0 Å². The van der Waals surface area contributed by atoms with Crippen molar-refractivity contribution < 1.29 is 14.3 Å². The Morgan fingerprint density at radius 3 is 2.58 bits per heavy atom. The van der Waals surface area contributed by atoms with Crippen LogP contribution in [0.1, 0.15) is 35.1 Å². The molecule has 3 aromatic rings. The van der Waals surface area contributed by atoms with E-state index in [1.807, 2.05) is 56.3 Å². The van der Waals surface area contributed by atoms with Crippen LogP contribution in [-0.4, -0.2) is 54.6 Å². The fraction of sp³-hybridized carbons (Fsp3) is 0.429. The molecule has 36 heavy (non-hydrogen) atoms. The lowest BCUT2D eigenvalue weighted by atomic mass is 9.98. The number of carbonyl (C=O) groups excluding carboxylic acids is 1. The number of hydrogen-bond acceptors (Lipinski definition) is 5. The number of aryl methyl sites for hydroxylation is 1. The third-order valence-electron chi connectivity index (χ3n) is 6.77. The van der Waals surface area contributed by atoms with E-state index in [1.54, 1.807) is 11.8 Å². The fourth-order valence-electron chi connectivity index (χ4n) is 4.44. The van der Waals surface area contributed by atoms with Gasteiger partial charge in [0.05, 0.1) is 24.5 Å². The Bertz CT molecular complexity index is 1150. The van der Waals surface area contributed by atoms with E-state index in [4.69, 9.17) is 14.6 Å². The van der Waals surface area contributed by atoms with Gasteiger partial charge in [0.25, 0.3) is 0 Å². The first-order valence-corrected chi connectivity index (χ1v) is 12.5. The maximum atomic E-state index is 13.0. The van der Waals surface area contributed by atoms with E-state index in [0.29, 0.717) is 37.4 Å². The van der Waals surface area contributed by atoms with E-state index in [0.717, 1.165) is 53.9 Å². The zero-order valence-corrected chi connectivity index (χ0v) is 21.7. The number of nitrogens with zero attached hydrogens (tertiary/aromatic N) is 3. The number of benzene rings is 2. The summed E-state index contributed by atoms with van der Waals surface area (Å²) in [7, 11) is 3.83. The summed E-state index contributed by atoms with van der Waals surface area (Å²) in [5, 5.41) is 10.7. The predicted molar refractivity (Wildman–Crippen MR) is 142 cm³/mol. The van der Waals surface area contributed by atoms with Crippen molar-refractivity contribution in [2.45, 2.75) is 39.8 Å². The number of ether oxygens (including phenoxy) is 2. The summed E-state index contributed by atoms with van der Waals surface area (Å²) < 4.78 is 13.2. The number of para-hydroxylation sites is 1. The summed E-state index contributed by atoms with van der Waals surface area (Å²) in [6.45, 7) is 7.72. The molecular weight excluding hydrogens is 454 g/mol. The Labute approximate surface area is 213 Å². The Hall–Kier alpha value is -3.36. The van der Waals surface area contributed by atoms with Crippen molar-refractivity contribution in [3.8, 4) is 11.6 Å². The topological polar surface area (TPSA) is 80.7 Å². The van der Waals surface area contributed by atoms with E-state index in [-0.39, 0.29) is 6.03 Å². The normalized spacial score (nSPS) is 14.6. The number of aromatic nitrogens is 2. The van der Waals surface area contributed by atoms with Crippen LogP contribution in [0.2, 0.25) is 0 Å². The number of hydrogen-bond donors (Lipinski definition) is 2. The van der Waals surface area contributed by atoms with Crippen molar-refractivity contribution in [2.24, 2.45) is 5.92 Å². The first-order valence-electron chi connectivity index (χ1n) is 12.5. The number of piperidine rings is 1. The number of rotatable bonds is 9. The highest BCUT2D eigenvalue weighted by Crippen LogP contribution is 2.29. The predicted octanol–water partition coefficient (Wildman–Crippen LogP) is 4.68. The zero-order valence-electron chi connectivity index (χ0n) is 21.7. The molecule has 0 aliphatic carbocycles. The third kappa shape index (κ3) is 6.44. The maximum Gasteiger partial charge on any atom is 0.320 e. The highest BCUT2D eigenvalue weighted by atomic mass is 16.5. The minimum atomic E-state index is -0.298. The summed E-state index contributed by atoms with van der Waals surface area (Å²) in [5.41, 5.74) is 4.90. The number of carbonyl (C=O) groups is 1. The quantitative estimate of drug-likeness (QED) is 0.454. The van der Waals surface area contributed by atoms with Gasteiger partial charge >= 0.3 is 6.03 Å². The molecule has 8 heteroatoms. The molecule has 0 spiro atoms. The molecule has 0 atom stereocenters. The van der Waals surface area contributed by atoms with Gasteiger partial charge in [0.15, 0.2) is 0 Å². The summed E-state index contributed by atoms with van der Waals surface area (Å²) in [4.78, 5) is 15.3. The van der Waals surface area contributed by atoms with Crippen molar-refractivity contribution >= 4 is 11.8 Å². The van der Waals surface area contributed by atoms with Crippen LogP contribution in [0.5, 0.6) is 5.88 Å². The zero-order chi connectivity index (χ0) is 25.5. The molecule has 2 N–H and O–H groups in total. The molecule has 0 radical (unpaired) electrons. The molecule has 2 aromatic carbocycles. The minimum absolute atomic E-state index is 0.298. The molecule has 1 aliphatic rings. The van der Waals surface area contributed by atoms with E-state index in [2.05, 4.69) is 28.6 Å². The number of nitrogens with one attached hydrogen (secondary N) is 2. The van der Waals surface area contributed by atoms with Gasteiger partial charge in [0.2, 0.25) is 5.88 Å². The number of anilines is 1. The van der Waals surface area contributed by atoms with Crippen LogP contribution in [0, 0.1) is 19.8 Å². The third-order valence-corrected chi connectivity index (χ3v) is 6.77. The fourth-order valence-corrected chi connectivity index (χ4v) is 4.44. The lowest BCUT2D eigenvalue weighted by Gasteiger charge is -2.28. The monoisotopic (exact) mass is 491 g/mol. The molecule has 1 fully saturated rings. The summed E-state index contributed by atoms with van der Waals surface area (Å²) in [6.07, 6.45) is 2.24. The molecule has 1 saturated heterocycles. The molecule has 0 saturated carbocycles. The average molecular weight is 492 g/mol. The SMILES string of the molecule is COCc1ccc(C)c(CNC(=O)Nc2c(C)c(OCC3CCN(C)CC3)nn2-c2ccccc2)c1. The standard InChI is InChI=1S/C28H37N5O3/c1-20-10-11-23(18-35-4)16-24(20)17-29-28(34)30-26-21(2)27(31-33(26)25-8-6-5-7-9-25)36-19-22-12-14-32(3)15-13-22/h5-11,16,22H,12-15,17-19H2,1-4H3,(H2,29,30,34). The van der Waals surface area contributed by atoms with Crippen molar-refractivity contribution in [1.82, 2.24) is 20.0 Å². The van der Waals surface area contributed by atoms with Crippen molar-refractivity contribution in [1.29, 1.82) is 0 Å². The van der Waals surface area contributed by atoms with Crippen LogP contribution in [0.15, 0.2) is 48.5 Å². The average Bonchev–Trinajstić information content (AvgIpc) is 3.19. The molecule has 192 valence electrons. The van der Waals surface area contributed by atoms with Gasteiger partial charge in [0, 0.05) is 13.7 Å². The second kappa shape index (κ2) is 12.1. The van der Waals surface area contributed by atoms with E-state index < -0.39 is 0 Å². The summed E-state index contributed by atoms with van der Waals surface area (Å²) in [5.74, 6) is 1.66. The Morgan fingerprint density at radius 1 is 1.11 bits per heavy atom. The Kier molecular flexibility index (Phi) is 8.61. The summed E-state index contributed by atoms with van der Waals surface area (Å²) >= 11 is 0. The van der Waals surface area contributed by atoms with Gasteiger partial charge in [-0.2, -0.15) is 0 Å². The molecule has 0 unspecified atom stereocenters. The van der Waals surface area contributed by atoms with Crippen LogP contribution in [0.3, 0.4) is 0 Å². The van der Waals surface area contributed by atoms with Gasteiger partial charge in [-0.3, -0.25) is 5.32 Å². The Balaban J connectivity index is 1.47. The lowest BCUT2D eigenvalue weighted by Crippen LogP contribution is -2.32. The van der Waals surface area contributed by atoms with Crippen LogP contribution < -0.4 is 15.4 Å². The van der Waals surface area contributed by atoms with Gasteiger partial charge in [-0.05, 0) is 81.6 Å². The molecule has 1 aliphatic heterocycles. The molecule has 0 bridgehead atoms.